The van der Waals surface area contributed by atoms with Crippen molar-refractivity contribution >= 4 is 17.7 Å². The fourth-order valence-electron chi connectivity index (χ4n) is 3.68. The van der Waals surface area contributed by atoms with Crippen molar-refractivity contribution in [2.24, 2.45) is 0 Å². The molecule has 4 nitrogen and oxygen atoms in total. The minimum absolute atomic E-state index is 0.0995. The van der Waals surface area contributed by atoms with E-state index in [2.05, 4.69) is 19.1 Å². The quantitative estimate of drug-likeness (QED) is 0.785. The van der Waals surface area contributed by atoms with Crippen molar-refractivity contribution in [1.29, 1.82) is 0 Å². The number of carbonyl (C=O) groups excluding carboxylic acids is 1. The summed E-state index contributed by atoms with van der Waals surface area (Å²) in [6, 6.07) is 11.5. The molecule has 130 valence electrons. The van der Waals surface area contributed by atoms with Gasteiger partial charge in [-0.05, 0) is 35.4 Å². The third-order valence-corrected chi connectivity index (χ3v) is 6.36. The number of methoxy groups -OCH3 is 1. The van der Waals surface area contributed by atoms with Gasteiger partial charge in [0.2, 0.25) is 0 Å². The van der Waals surface area contributed by atoms with Crippen LogP contribution < -0.4 is 5.56 Å². The van der Waals surface area contributed by atoms with E-state index in [4.69, 9.17) is 4.74 Å². The van der Waals surface area contributed by atoms with E-state index in [1.165, 1.54) is 18.2 Å². The van der Waals surface area contributed by atoms with E-state index in [0.717, 1.165) is 23.4 Å². The van der Waals surface area contributed by atoms with Gasteiger partial charge in [-0.25, -0.2) is 4.79 Å². The first-order chi connectivity index (χ1) is 12.1. The Morgan fingerprint density at radius 2 is 2.00 bits per heavy atom. The lowest BCUT2D eigenvalue weighted by atomic mass is 9.89. The van der Waals surface area contributed by atoms with Crippen LogP contribution in [0.1, 0.15) is 54.3 Å². The second kappa shape index (κ2) is 6.37. The van der Waals surface area contributed by atoms with Crippen LogP contribution in [-0.4, -0.2) is 23.4 Å². The SMILES string of the molecule is COC(=O)[C@@H]1CSc2c(C3CC3)c([C@@H](C)c3ccccc3)cc(=O)n21. The number of nitrogens with zero attached hydrogens (tertiary/aromatic N) is 1. The lowest BCUT2D eigenvalue weighted by Crippen LogP contribution is -2.30. The third-order valence-electron chi connectivity index (χ3n) is 5.19. The highest BCUT2D eigenvalue weighted by Gasteiger charge is 2.38. The van der Waals surface area contributed by atoms with E-state index in [0.29, 0.717) is 11.7 Å². The lowest BCUT2D eigenvalue weighted by Gasteiger charge is -2.21. The average molecular weight is 355 g/mol. The van der Waals surface area contributed by atoms with E-state index in [-0.39, 0.29) is 17.4 Å². The number of ether oxygens (including phenoxy) is 1. The molecule has 1 saturated carbocycles. The van der Waals surface area contributed by atoms with Crippen LogP contribution >= 0.6 is 11.8 Å². The first-order valence-corrected chi connectivity index (χ1v) is 9.65. The van der Waals surface area contributed by atoms with Gasteiger partial charge in [-0.1, -0.05) is 37.3 Å². The molecular formula is C20H21NO3S. The maximum absolute atomic E-state index is 12.8. The van der Waals surface area contributed by atoms with Crippen LogP contribution in [0.4, 0.5) is 0 Å². The van der Waals surface area contributed by atoms with Gasteiger partial charge < -0.3 is 4.74 Å². The Hall–Kier alpha value is -2.01. The summed E-state index contributed by atoms with van der Waals surface area (Å²) < 4.78 is 6.56. The highest BCUT2D eigenvalue weighted by Crippen LogP contribution is 2.50. The monoisotopic (exact) mass is 355 g/mol. The van der Waals surface area contributed by atoms with Gasteiger partial charge in [-0.15, -0.1) is 11.8 Å². The highest BCUT2D eigenvalue weighted by atomic mass is 32.2. The smallest absolute Gasteiger partial charge is 0.329 e. The highest BCUT2D eigenvalue weighted by molar-refractivity contribution is 7.99. The molecule has 1 aliphatic carbocycles. The van der Waals surface area contributed by atoms with Crippen molar-refractivity contribution in [3.63, 3.8) is 0 Å². The van der Waals surface area contributed by atoms with Crippen molar-refractivity contribution in [3.8, 4) is 0 Å². The predicted molar refractivity (Wildman–Crippen MR) is 98.4 cm³/mol. The van der Waals surface area contributed by atoms with Gasteiger partial charge in [0.15, 0.2) is 0 Å². The topological polar surface area (TPSA) is 48.3 Å². The van der Waals surface area contributed by atoms with Crippen LogP contribution in [0.2, 0.25) is 0 Å². The van der Waals surface area contributed by atoms with Crippen molar-refractivity contribution in [2.75, 3.05) is 12.9 Å². The van der Waals surface area contributed by atoms with E-state index in [1.54, 1.807) is 22.4 Å². The molecule has 0 bridgehead atoms. The lowest BCUT2D eigenvalue weighted by molar-refractivity contribution is -0.143. The molecule has 2 heterocycles. The molecule has 1 aromatic heterocycles. The normalized spacial score (nSPS) is 20.2. The number of rotatable bonds is 4. The zero-order chi connectivity index (χ0) is 17.6. The van der Waals surface area contributed by atoms with E-state index in [1.807, 2.05) is 18.2 Å². The van der Waals surface area contributed by atoms with Gasteiger partial charge in [0.1, 0.15) is 6.04 Å². The fourth-order valence-corrected chi connectivity index (χ4v) is 5.08. The van der Waals surface area contributed by atoms with E-state index < -0.39 is 6.04 Å². The number of pyridine rings is 1. The van der Waals surface area contributed by atoms with E-state index in [9.17, 15) is 9.59 Å². The maximum Gasteiger partial charge on any atom is 0.329 e. The van der Waals surface area contributed by atoms with Crippen molar-refractivity contribution in [1.82, 2.24) is 4.57 Å². The van der Waals surface area contributed by atoms with Crippen molar-refractivity contribution in [3.05, 3.63) is 63.4 Å². The van der Waals surface area contributed by atoms with Crippen LogP contribution in [0.25, 0.3) is 0 Å². The van der Waals surface area contributed by atoms with Crippen LogP contribution in [0.5, 0.6) is 0 Å². The maximum atomic E-state index is 12.8. The Labute approximate surface area is 151 Å². The second-order valence-electron chi connectivity index (χ2n) is 6.78. The number of esters is 1. The summed E-state index contributed by atoms with van der Waals surface area (Å²) in [6.45, 7) is 2.16. The van der Waals surface area contributed by atoms with Crippen molar-refractivity contribution in [2.45, 2.75) is 42.7 Å². The predicted octanol–water partition coefficient (Wildman–Crippen LogP) is 3.70. The van der Waals surface area contributed by atoms with Gasteiger partial charge >= 0.3 is 5.97 Å². The number of thioether (sulfide) groups is 1. The fraction of sp³-hybridized carbons (Fsp3) is 0.400. The van der Waals surface area contributed by atoms with Gasteiger partial charge in [0.25, 0.3) is 5.56 Å². The number of hydrogen-bond donors (Lipinski definition) is 0. The number of benzene rings is 1. The molecule has 2 atom stereocenters. The standard InChI is InChI=1S/C20H21NO3S/c1-12(13-6-4-3-5-7-13)15-10-17(22)21-16(20(23)24-2)11-25-19(21)18(15)14-8-9-14/h3-7,10,12,14,16H,8-9,11H2,1-2H3/t12-,16-/m0/s1. The van der Waals surface area contributed by atoms with Crippen LogP contribution in [0.15, 0.2) is 46.2 Å². The molecule has 2 aliphatic rings. The number of aromatic nitrogens is 1. The summed E-state index contributed by atoms with van der Waals surface area (Å²) in [5.74, 6) is 0.907. The Balaban J connectivity index is 1.86. The van der Waals surface area contributed by atoms with Crippen molar-refractivity contribution < 1.29 is 9.53 Å². The zero-order valence-corrected chi connectivity index (χ0v) is 15.2. The molecule has 0 saturated heterocycles. The van der Waals surface area contributed by atoms with Crippen LogP contribution in [0, 0.1) is 0 Å². The van der Waals surface area contributed by atoms with Crippen LogP contribution in [0.3, 0.4) is 0 Å². The molecule has 0 radical (unpaired) electrons. The molecule has 0 amide bonds. The molecule has 25 heavy (non-hydrogen) atoms. The molecular weight excluding hydrogens is 334 g/mol. The molecule has 2 aromatic rings. The largest absolute Gasteiger partial charge is 0.467 e. The summed E-state index contributed by atoms with van der Waals surface area (Å²) in [6.07, 6.45) is 2.31. The van der Waals surface area contributed by atoms with Gasteiger partial charge in [0.05, 0.1) is 12.1 Å². The Morgan fingerprint density at radius 1 is 1.28 bits per heavy atom. The molecule has 1 fully saturated rings. The molecule has 0 unspecified atom stereocenters. The first-order valence-electron chi connectivity index (χ1n) is 8.66. The van der Waals surface area contributed by atoms with Gasteiger partial charge in [-0.2, -0.15) is 0 Å². The summed E-state index contributed by atoms with van der Waals surface area (Å²) in [4.78, 5) is 24.9. The Kier molecular flexibility index (Phi) is 4.20. The minimum Gasteiger partial charge on any atom is -0.467 e. The summed E-state index contributed by atoms with van der Waals surface area (Å²) in [7, 11) is 1.38. The van der Waals surface area contributed by atoms with Gasteiger partial charge in [0, 0.05) is 17.7 Å². The number of hydrogen-bond acceptors (Lipinski definition) is 4. The number of fused-ring (bicyclic) bond motifs is 1. The zero-order valence-electron chi connectivity index (χ0n) is 14.4. The van der Waals surface area contributed by atoms with Crippen LogP contribution in [-0.2, 0) is 9.53 Å². The second-order valence-corrected chi connectivity index (χ2v) is 7.79. The average Bonchev–Trinajstić information content (AvgIpc) is 3.38. The minimum atomic E-state index is -0.504. The third kappa shape index (κ3) is 2.80. The Bertz CT molecular complexity index is 871. The Morgan fingerprint density at radius 3 is 2.64 bits per heavy atom. The molecule has 1 aliphatic heterocycles. The summed E-state index contributed by atoms with van der Waals surface area (Å²) in [5.41, 5.74) is 3.49. The molecule has 1 aromatic carbocycles. The molecule has 5 heteroatoms. The molecule has 0 spiro atoms. The van der Waals surface area contributed by atoms with Gasteiger partial charge in [-0.3, -0.25) is 9.36 Å². The first kappa shape index (κ1) is 16.5. The summed E-state index contributed by atoms with van der Waals surface area (Å²) >= 11 is 1.62. The molecule has 4 rings (SSSR count). The summed E-state index contributed by atoms with van der Waals surface area (Å²) in [5, 5.41) is 0.975. The molecule has 0 N–H and O–H groups in total. The number of carbonyl (C=O) groups is 1. The van der Waals surface area contributed by atoms with E-state index >= 15 is 0 Å².